The molecule has 50 heavy (non-hydrogen) atoms. The largest absolute Gasteiger partial charge is 0.456 e. The minimum absolute atomic E-state index is 0.490. The second kappa shape index (κ2) is 11.5. The van der Waals surface area contributed by atoms with E-state index in [1.807, 2.05) is 54.6 Å². The van der Waals surface area contributed by atoms with Crippen molar-refractivity contribution in [1.82, 2.24) is 5.32 Å². The van der Waals surface area contributed by atoms with Gasteiger partial charge >= 0.3 is 0 Å². The summed E-state index contributed by atoms with van der Waals surface area (Å²) in [4.78, 5) is 10.4. The predicted molar refractivity (Wildman–Crippen MR) is 204 cm³/mol. The van der Waals surface area contributed by atoms with E-state index in [1.165, 1.54) is 5.56 Å². The van der Waals surface area contributed by atoms with E-state index in [0.29, 0.717) is 0 Å². The van der Waals surface area contributed by atoms with Crippen molar-refractivity contribution in [1.29, 1.82) is 0 Å². The molecule has 3 heterocycles. The summed E-state index contributed by atoms with van der Waals surface area (Å²) in [6, 6.07) is 56.3. The van der Waals surface area contributed by atoms with Gasteiger partial charge in [0.1, 0.15) is 34.0 Å². The molecule has 0 radical (unpaired) electrons. The summed E-state index contributed by atoms with van der Waals surface area (Å²) in [6.45, 7) is 0. The van der Waals surface area contributed by atoms with Gasteiger partial charge in [-0.05, 0) is 58.7 Å². The molecule has 0 saturated carbocycles. The molecule has 0 bridgehead atoms. The molecule has 0 amide bonds. The first-order chi connectivity index (χ1) is 24.7. The molecule has 2 aromatic heterocycles. The second-order valence-electron chi connectivity index (χ2n) is 12.6. The highest BCUT2D eigenvalue weighted by atomic mass is 16.3. The Morgan fingerprint density at radius 2 is 0.920 bits per heavy atom. The smallest absolute Gasteiger partial charge is 0.170 e. The molecule has 0 aliphatic carbocycles. The van der Waals surface area contributed by atoms with E-state index in [4.69, 9.17) is 18.8 Å². The lowest BCUT2D eigenvalue weighted by Gasteiger charge is -2.23. The topological polar surface area (TPSA) is 63.0 Å². The SMILES string of the molecule is c1ccc(C2=NC(c3cccc4oc5ccc(-c6ccc7c(c6)oc6ccccc67)cc5c34)N=C(c3ccc(-c4ccccc4)cc3)N2)cc1. The number of para-hydroxylation sites is 1. The number of furan rings is 2. The second-order valence-corrected chi connectivity index (χ2v) is 12.6. The van der Waals surface area contributed by atoms with Gasteiger partial charge in [-0.15, -0.1) is 0 Å². The van der Waals surface area contributed by atoms with Gasteiger partial charge in [0.25, 0.3) is 0 Å². The highest BCUT2D eigenvalue weighted by Gasteiger charge is 2.24. The maximum atomic E-state index is 6.43. The maximum Gasteiger partial charge on any atom is 0.170 e. The van der Waals surface area contributed by atoms with Crippen molar-refractivity contribution in [2.24, 2.45) is 9.98 Å². The Labute approximate surface area is 287 Å². The molecule has 9 aromatic rings. The highest BCUT2D eigenvalue weighted by molar-refractivity contribution is 6.16. The Morgan fingerprint density at radius 3 is 1.72 bits per heavy atom. The summed E-state index contributed by atoms with van der Waals surface area (Å²) in [6.07, 6.45) is -0.490. The minimum atomic E-state index is -0.490. The van der Waals surface area contributed by atoms with Crippen molar-refractivity contribution in [3.05, 3.63) is 180 Å². The van der Waals surface area contributed by atoms with Crippen LogP contribution < -0.4 is 5.32 Å². The van der Waals surface area contributed by atoms with Crippen LogP contribution in [0.2, 0.25) is 0 Å². The summed E-state index contributed by atoms with van der Waals surface area (Å²) < 4.78 is 12.7. The summed E-state index contributed by atoms with van der Waals surface area (Å²) in [5.74, 6) is 1.55. The number of benzene rings is 7. The van der Waals surface area contributed by atoms with Crippen molar-refractivity contribution in [3.63, 3.8) is 0 Å². The number of amidine groups is 2. The molecule has 1 N–H and O–H groups in total. The van der Waals surface area contributed by atoms with Gasteiger partial charge in [0.15, 0.2) is 6.17 Å². The third-order valence-electron chi connectivity index (χ3n) is 9.57. The van der Waals surface area contributed by atoms with Crippen LogP contribution in [0.4, 0.5) is 0 Å². The van der Waals surface area contributed by atoms with Crippen LogP contribution in [-0.2, 0) is 0 Å². The van der Waals surface area contributed by atoms with Crippen molar-refractivity contribution >= 4 is 55.5 Å². The number of nitrogens with one attached hydrogen (secondary N) is 1. The van der Waals surface area contributed by atoms with Gasteiger partial charge in [0.05, 0.1) is 0 Å². The maximum absolute atomic E-state index is 6.43. The van der Waals surface area contributed by atoms with Crippen LogP contribution in [0.5, 0.6) is 0 Å². The Bertz CT molecular complexity index is 2770. The molecule has 0 fully saturated rings. The van der Waals surface area contributed by atoms with Gasteiger partial charge in [-0.25, -0.2) is 9.98 Å². The fourth-order valence-electron chi connectivity index (χ4n) is 7.08. The number of rotatable bonds is 5. The summed E-state index contributed by atoms with van der Waals surface area (Å²) >= 11 is 0. The van der Waals surface area contributed by atoms with E-state index in [1.54, 1.807) is 0 Å². The summed E-state index contributed by atoms with van der Waals surface area (Å²) in [7, 11) is 0. The van der Waals surface area contributed by atoms with Crippen LogP contribution >= 0.6 is 0 Å². The molecular weight excluding hydrogens is 615 g/mol. The summed E-state index contributed by atoms with van der Waals surface area (Å²) in [5, 5.41) is 7.82. The van der Waals surface area contributed by atoms with Crippen LogP contribution in [0.15, 0.2) is 183 Å². The zero-order valence-corrected chi connectivity index (χ0v) is 26.9. The average molecular weight is 644 g/mol. The number of hydrogen-bond donors (Lipinski definition) is 1. The van der Waals surface area contributed by atoms with Gasteiger partial charge in [-0.1, -0.05) is 127 Å². The molecule has 10 rings (SSSR count). The predicted octanol–water partition coefficient (Wildman–Crippen LogP) is 11.3. The molecule has 7 aromatic carbocycles. The molecule has 1 atom stereocenters. The fraction of sp³-hybridized carbons (Fsp3) is 0.0222. The Balaban J connectivity index is 1.10. The number of aliphatic imine (C=N–C) groups is 2. The quantitative estimate of drug-likeness (QED) is 0.203. The zero-order chi connectivity index (χ0) is 33.0. The first-order valence-corrected chi connectivity index (χ1v) is 16.8. The van der Waals surface area contributed by atoms with E-state index in [9.17, 15) is 0 Å². The minimum Gasteiger partial charge on any atom is -0.456 e. The van der Waals surface area contributed by atoms with E-state index < -0.39 is 6.17 Å². The van der Waals surface area contributed by atoms with Crippen LogP contribution in [-0.4, -0.2) is 11.7 Å². The molecule has 0 saturated heterocycles. The molecule has 1 unspecified atom stereocenters. The lowest BCUT2D eigenvalue weighted by atomic mass is 9.99. The first kappa shape index (κ1) is 28.3. The van der Waals surface area contributed by atoms with Crippen molar-refractivity contribution in [3.8, 4) is 22.3 Å². The molecule has 236 valence electrons. The fourth-order valence-corrected chi connectivity index (χ4v) is 7.08. The molecule has 5 heteroatoms. The van der Waals surface area contributed by atoms with Crippen LogP contribution in [0.1, 0.15) is 22.9 Å². The van der Waals surface area contributed by atoms with Crippen LogP contribution in [0, 0.1) is 0 Å². The van der Waals surface area contributed by atoms with Gasteiger partial charge in [0, 0.05) is 38.2 Å². The van der Waals surface area contributed by atoms with Crippen molar-refractivity contribution < 1.29 is 8.83 Å². The van der Waals surface area contributed by atoms with E-state index in [2.05, 4.69) is 115 Å². The standard InChI is InChI=1S/C45H29N3O2/c1-3-10-28(11-4-1)29-18-20-31(21-19-29)44-46-43(30-12-5-2-6-13-30)47-45(48-44)36-15-9-17-40-42(36)37-26-32(23-25-39(37)49-40)33-22-24-35-34-14-7-8-16-38(34)50-41(35)27-33/h1-27,45H,(H,46,47,48). The van der Waals surface area contributed by atoms with Crippen molar-refractivity contribution in [2.45, 2.75) is 6.17 Å². The van der Waals surface area contributed by atoms with E-state index in [0.717, 1.165) is 88.9 Å². The van der Waals surface area contributed by atoms with E-state index in [-0.39, 0.29) is 0 Å². The Kier molecular flexibility index (Phi) is 6.49. The van der Waals surface area contributed by atoms with E-state index >= 15 is 0 Å². The Morgan fingerprint density at radius 1 is 0.380 bits per heavy atom. The van der Waals surface area contributed by atoms with Crippen molar-refractivity contribution in [2.75, 3.05) is 0 Å². The van der Waals surface area contributed by atoms with Crippen LogP contribution in [0.25, 0.3) is 66.1 Å². The first-order valence-electron chi connectivity index (χ1n) is 16.8. The lowest BCUT2D eigenvalue weighted by Crippen LogP contribution is -2.36. The molecule has 0 spiro atoms. The monoisotopic (exact) mass is 643 g/mol. The third-order valence-corrected chi connectivity index (χ3v) is 9.57. The molecule has 5 nitrogen and oxygen atoms in total. The normalized spacial score (nSPS) is 14.6. The molecule has 1 aliphatic rings. The number of hydrogen-bond acceptors (Lipinski definition) is 5. The number of nitrogens with zero attached hydrogens (tertiary/aromatic N) is 2. The average Bonchev–Trinajstić information content (AvgIpc) is 3.76. The highest BCUT2D eigenvalue weighted by Crippen LogP contribution is 2.39. The van der Waals surface area contributed by atoms with Gasteiger partial charge in [-0.3, -0.25) is 0 Å². The summed E-state index contributed by atoms with van der Waals surface area (Å²) in [5.41, 5.74) is 10.9. The lowest BCUT2D eigenvalue weighted by molar-refractivity contribution is 0.667. The van der Waals surface area contributed by atoms with Gasteiger partial charge in [0.2, 0.25) is 0 Å². The van der Waals surface area contributed by atoms with Gasteiger partial charge < -0.3 is 14.2 Å². The third kappa shape index (κ3) is 4.79. The van der Waals surface area contributed by atoms with Crippen LogP contribution in [0.3, 0.4) is 0 Å². The zero-order valence-electron chi connectivity index (χ0n) is 26.9. The van der Waals surface area contributed by atoms with Gasteiger partial charge in [-0.2, -0.15) is 0 Å². The molecular formula is C45H29N3O2. The Hall–Kier alpha value is -6.72. The number of fused-ring (bicyclic) bond motifs is 6. The molecule has 1 aliphatic heterocycles.